The van der Waals surface area contributed by atoms with Gasteiger partial charge in [-0.15, -0.1) is 11.3 Å². The first-order chi connectivity index (χ1) is 14.1. The molecule has 146 valence electrons. The molecule has 1 aliphatic heterocycles. The molecule has 5 rings (SSSR count). The second-order valence-corrected chi connectivity index (χ2v) is 8.28. The van der Waals surface area contributed by atoms with E-state index in [1.165, 1.54) is 23.2 Å². The third-order valence-corrected chi connectivity index (χ3v) is 6.29. The summed E-state index contributed by atoms with van der Waals surface area (Å²) in [7, 11) is 0. The molecule has 1 aromatic carbocycles. The Morgan fingerprint density at radius 1 is 0.966 bits per heavy atom. The molecule has 7 heteroatoms. The van der Waals surface area contributed by atoms with Crippen molar-refractivity contribution in [3.05, 3.63) is 64.9 Å². The predicted octanol–water partition coefficient (Wildman–Crippen LogP) is 3.95. The molecule has 0 spiro atoms. The van der Waals surface area contributed by atoms with Crippen molar-refractivity contribution in [3.8, 4) is 0 Å². The third-order valence-electron chi connectivity index (χ3n) is 5.25. The van der Waals surface area contributed by atoms with Gasteiger partial charge in [0.05, 0.1) is 16.7 Å². The number of thiophene rings is 1. The minimum atomic E-state index is -0.129. The van der Waals surface area contributed by atoms with Gasteiger partial charge in [0, 0.05) is 37.0 Å². The molecule has 0 atom stereocenters. The van der Waals surface area contributed by atoms with E-state index in [1.54, 1.807) is 21.9 Å². The lowest BCUT2D eigenvalue weighted by Crippen LogP contribution is -2.50. The van der Waals surface area contributed by atoms with Crippen molar-refractivity contribution in [1.82, 2.24) is 14.8 Å². The van der Waals surface area contributed by atoms with Crippen LogP contribution in [0.25, 0.3) is 21.1 Å². The summed E-state index contributed by atoms with van der Waals surface area (Å²) in [6, 6.07) is 13.6. The first kappa shape index (κ1) is 17.9. The Morgan fingerprint density at radius 3 is 2.45 bits per heavy atom. The zero-order valence-corrected chi connectivity index (χ0v) is 16.7. The Hall–Kier alpha value is -3.19. The van der Waals surface area contributed by atoms with Gasteiger partial charge in [0.2, 0.25) is 0 Å². The molecule has 29 heavy (non-hydrogen) atoms. The number of carbonyl (C=O) groups excluding carboxylic acids is 2. The minimum absolute atomic E-state index is 0.00154. The Morgan fingerprint density at radius 2 is 1.72 bits per heavy atom. The van der Waals surface area contributed by atoms with Crippen LogP contribution in [-0.4, -0.2) is 52.8 Å². The van der Waals surface area contributed by atoms with E-state index < -0.39 is 0 Å². The van der Waals surface area contributed by atoms with Crippen molar-refractivity contribution >= 4 is 44.3 Å². The van der Waals surface area contributed by atoms with Crippen LogP contribution in [0.4, 0.5) is 0 Å². The van der Waals surface area contributed by atoms with Gasteiger partial charge in [-0.25, -0.2) is 4.98 Å². The van der Waals surface area contributed by atoms with Crippen molar-refractivity contribution in [3.63, 3.8) is 0 Å². The summed E-state index contributed by atoms with van der Waals surface area (Å²) in [6.07, 6.45) is 1.49. The van der Waals surface area contributed by atoms with E-state index in [0.717, 1.165) is 21.1 Å². The number of aromatic nitrogens is 1. The maximum atomic E-state index is 13.0. The number of carbonyl (C=O) groups is 2. The Kier molecular flexibility index (Phi) is 4.32. The van der Waals surface area contributed by atoms with Gasteiger partial charge in [0.25, 0.3) is 11.8 Å². The Balaban J connectivity index is 1.33. The van der Waals surface area contributed by atoms with Crippen LogP contribution in [0.15, 0.2) is 53.1 Å². The number of fused-ring (bicyclic) bond motifs is 2. The summed E-state index contributed by atoms with van der Waals surface area (Å²) in [4.78, 5) is 35.2. The van der Waals surface area contributed by atoms with Gasteiger partial charge < -0.3 is 14.2 Å². The van der Waals surface area contributed by atoms with E-state index in [-0.39, 0.29) is 11.8 Å². The zero-order valence-electron chi connectivity index (χ0n) is 15.9. The molecule has 1 fully saturated rings. The normalized spacial score (nSPS) is 14.7. The number of aryl methyl sites for hydroxylation is 1. The zero-order chi connectivity index (χ0) is 20.0. The highest BCUT2D eigenvalue weighted by molar-refractivity contribution is 7.20. The maximum Gasteiger partial charge on any atom is 0.289 e. The summed E-state index contributed by atoms with van der Waals surface area (Å²) < 4.78 is 5.19. The van der Waals surface area contributed by atoms with Crippen LogP contribution in [0, 0.1) is 6.92 Å². The standard InChI is InChI=1S/C22H19N3O3S/c1-14-4-5-17-15(11-14)12-16-13-19(29-20(16)23-17)22(27)25-8-6-24(7-9-25)21(26)18-3-2-10-28-18/h2-5,10-13H,6-9H2,1H3. The van der Waals surface area contributed by atoms with Crippen molar-refractivity contribution in [2.45, 2.75) is 6.92 Å². The molecule has 0 bridgehead atoms. The molecule has 4 heterocycles. The highest BCUT2D eigenvalue weighted by atomic mass is 32.1. The van der Waals surface area contributed by atoms with E-state index >= 15 is 0 Å². The molecule has 1 saturated heterocycles. The van der Waals surface area contributed by atoms with E-state index in [4.69, 9.17) is 9.40 Å². The lowest BCUT2D eigenvalue weighted by molar-refractivity contribution is 0.0520. The topological polar surface area (TPSA) is 66.7 Å². The summed E-state index contributed by atoms with van der Waals surface area (Å²) in [5.74, 6) is 0.205. The van der Waals surface area contributed by atoms with Crippen LogP contribution in [-0.2, 0) is 0 Å². The van der Waals surface area contributed by atoms with E-state index in [0.29, 0.717) is 36.8 Å². The lowest BCUT2D eigenvalue weighted by Gasteiger charge is -2.34. The quantitative estimate of drug-likeness (QED) is 0.506. The first-order valence-electron chi connectivity index (χ1n) is 9.51. The first-order valence-corrected chi connectivity index (χ1v) is 10.3. The lowest BCUT2D eigenvalue weighted by atomic mass is 10.1. The minimum Gasteiger partial charge on any atom is -0.459 e. The van der Waals surface area contributed by atoms with Crippen molar-refractivity contribution < 1.29 is 14.0 Å². The van der Waals surface area contributed by atoms with Gasteiger partial charge in [-0.1, -0.05) is 11.6 Å². The fourth-order valence-electron chi connectivity index (χ4n) is 3.68. The molecule has 0 radical (unpaired) electrons. The molecular formula is C22H19N3O3S. The highest BCUT2D eigenvalue weighted by Gasteiger charge is 2.27. The number of nitrogens with zero attached hydrogens (tertiary/aromatic N) is 3. The van der Waals surface area contributed by atoms with Gasteiger partial charge in [-0.3, -0.25) is 9.59 Å². The molecule has 0 aliphatic carbocycles. The molecule has 3 aromatic heterocycles. The van der Waals surface area contributed by atoms with Crippen LogP contribution in [0.2, 0.25) is 0 Å². The van der Waals surface area contributed by atoms with Crippen LogP contribution < -0.4 is 0 Å². The molecule has 4 aromatic rings. The number of piperazine rings is 1. The predicted molar refractivity (Wildman–Crippen MR) is 112 cm³/mol. The third kappa shape index (κ3) is 3.27. The van der Waals surface area contributed by atoms with Crippen LogP contribution >= 0.6 is 11.3 Å². The molecule has 0 unspecified atom stereocenters. The second-order valence-electron chi connectivity index (χ2n) is 7.25. The van der Waals surface area contributed by atoms with Crippen molar-refractivity contribution in [2.75, 3.05) is 26.2 Å². The summed E-state index contributed by atoms with van der Waals surface area (Å²) >= 11 is 1.43. The molecule has 1 aliphatic rings. The van der Waals surface area contributed by atoms with Crippen LogP contribution in [0.1, 0.15) is 25.8 Å². The van der Waals surface area contributed by atoms with Gasteiger partial charge in [-0.05, 0) is 43.3 Å². The summed E-state index contributed by atoms with van der Waals surface area (Å²) in [6.45, 7) is 4.07. The van der Waals surface area contributed by atoms with Crippen molar-refractivity contribution in [1.29, 1.82) is 0 Å². The number of amides is 2. The molecule has 0 N–H and O–H groups in total. The van der Waals surface area contributed by atoms with Gasteiger partial charge in [-0.2, -0.15) is 0 Å². The monoisotopic (exact) mass is 405 g/mol. The van der Waals surface area contributed by atoms with E-state index in [9.17, 15) is 9.59 Å². The van der Waals surface area contributed by atoms with E-state index in [2.05, 4.69) is 19.1 Å². The van der Waals surface area contributed by atoms with Gasteiger partial charge >= 0.3 is 0 Å². The number of rotatable bonds is 2. The fraction of sp³-hybridized carbons (Fsp3) is 0.227. The SMILES string of the molecule is Cc1ccc2nc3sc(C(=O)N4CCN(C(=O)c5ccco5)CC4)cc3cc2c1. The molecule has 2 amide bonds. The maximum absolute atomic E-state index is 13.0. The smallest absolute Gasteiger partial charge is 0.289 e. The largest absolute Gasteiger partial charge is 0.459 e. The Bertz CT molecular complexity index is 1220. The highest BCUT2D eigenvalue weighted by Crippen LogP contribution is 2.29. The molecular weight excluding hydrogens is 386 g/mol. The number of hydrogen-bond donors (Lipinski definition) is 0. The summed E-state index contributed by atoms with van der Waals surface area (Å²) in [5.41, 5.74) is 2.13. The van der Waals surface area contributed by atoms with E-state index in [1.807, 2.05) is 18.2 Å². The van der Waals surface area contributed by atoms with Crippen LogP contribution in [0.3, 0.4) is 0 Å². The molecule has 0 saturated carbocycles. The number of furan rings is 1. The Labute approximate surface area is 171 Å². The van der Waals surface area contributed by atoms with Gasteiger partial charge in [0.15, 0.2) is 5.76 Å². The van der Waals surface area contributed by atoms with Gasteiger partial charge in [0.1, 0.15) is 4.83 Å². The number of hydrogen-bond acceptors (Lipinski definition) is 5. The number of benzene rings is 1. The number of pyridine rings is 1. The van der Waals surface area contributed by atoms with Crippen LogP contribution in [0.5, 0.6) is 0 Å². The average Bonchev–Trinajstić information content (AvgIpc) is 3.41. The average molecular weight is 405 g/mol. The molecule has 6 nitrogen and oxygen atoms in total. The summed E-state index contributed by atoms with van der Waals surface area (Å²) in [5, 5.41) is 2.07. The van der Waals surface area contributed by atoms with Crippen molar-refractivity contribution in [2.24, 2.45) is 0 Å². The second kappa shape index (κ2) is 7.00. The fourth-order valence-corrected chi connectivity index (χ4v) is 4.67.